The fraction of sp³-hybridized carbons (Fsp3) is 0.417. The molecule has 0 spiro atoms. The average Bonchev–Trinajstić information content (AvgIpc) is 3.24. The quantitative estimate of drug-likeness (QED) is 0.630. The van der Waals surface area contributed by atoms with Gasteiger partial charge in [0.2, 0.25) is 5.91 Å². The zero-order valence-corrected chi connectivity index (χ0v) is 20.9. The smallest absolute Gasteiger partial charge is 0.410 e. The van der Waals surface area contributed by atoms with Crippen molar-refractivity contribution in [2.45, 2.75) is 57.1 Å². The van der Waals surface area contributed by atoms with E-state index in [9.17, 15) is 18.0 Å². The third-order valence-corrected chi connectivity index (χ3v) is 6.79. The van der Waals surface area contributed by atoms with Crippen LogP contribution in [0.1, 0.15) is 39.2 Å². The molecule has 2 N–H and O–H groups in total. The molecule has 0 bridgehead atoms. The molecule has 2 amide bonds. The highest BCUT2D eigenvalue weighted by Crippen LogP contribution is 2.26. The lowest BCUT2D eigenvalue weighted by Gasteiger charge is -2.28. The van der Waals surface area contributed by atoms with Gasteiger partial charge in [0.1, 0.15) is 17.4 Å². The van der Waals surface area contributed by atoms with Gasteiger partial charge in [0.25, 0.3) is 10.0 Å². The Hall–Kier alpha value is -3.27. The van der Waals surface area contributed by atoms with Crippen LogP contribution >= 0.6 is 0 Å². The number of hydrogen-bond acceptors (Lipinski definition) is 6. The molecule has 0 unspecified atom stereocenters. The molecular formula is C24H31N3O6S. The third kappa shape index (κ3) is 6.19. The molecule has 1 atom stereocenters. The molecule has 10 heteroatoms. The Morgan fingerprint density at radius 1 is 1.06 bits per heavy atom. The van der Waals surface area contributed by atoms with Crippen molar-refractivity contribution in [3.63, 3.8) is 0 Å². The van der Waals surface area contributed by atoms with Crippen LogP contribution in [0.2, 0.25) is 0 Å². The minimum absolute atomic E-state index is 0.0385. The number of nitrogens with one attached hydrogen (secondary N) is 2. The van der Waals surface area contributed by atoms with Gasteiger partial charge in [0.15, 0.2) is 0 Å². The summed E-state index contributed by atoms with van der Waals surface area (Å²) in [5.41, 5.74) is 0.559. The van der Waals surface area contributed by atoms with Crippen molar-refractivity contribution in [1.29, 1.82) is 0 Å². The predicted octanol–water partition coefficient (Wildman–Crippen LogP) is 4.14. The number of likely N-dealkylation sites (tertiary alicyclic amines) is 1. The summed E-state index contributed by atoms with van der Waals surface area (Å²) in [7, 11) is -2.38. The number of benzene rings is 2. The van der Waals surface area contributed by atoms with E-state index < -0.39 is 33.7 Å². The molecular weight excluding hydrogens is 458 g/mol. The van der Waals surface area contributed by atoms with Gasteiger partial charge in [-0.25, -0.2) is 13.2 Å². The van der Waals surface area contributed by atoms with Crippen molar-refractivity contribution in [3.05, 3.63) is 48.0 Å². The molecule has 1 aliphatic rings. The van der Waals surface area contributed by atoms with Crippen LogP contribution in [-0.2, 0) is 19.6 Å². The molecule has 9 nitrogen and oxygen atoms in total. The highest BCUT2D eigenvalue weighted by atomic mass is 32.2. The summed E-state index contributed by atoms with van der Waals surface area (Å²) in [6, 6.07) is 10.5. The van der Waals surface area contributed by atoms with Gasteiger partial charge in [-0.3, -0.25) is 14.4 Å². The van der Waals surface area contributed by atoms with E-state index in [4.69, 9.17) is 9.47 Å². The molecule has 1 aliphatic heterocycles. The van der Waals surface area contributed by atoms with E-state index in [2.05, 4.69) is 10.0 Å². The minimum Gasteiger partial charge on any atom is -0.497 e. The van der Waals surface area contributed by atoms with E-state index >= 15 is 0 Å². The number of hydrogen-bond donors (Lipinski definition) is 2. The maximum absolute atomic E-state index is 13.0. The molecule has 1 heterocycles. The number of aryl methyl sites for hydroxylation is 1. The molecule has 1 saturated heterocycles. The molecule has 184 valence electrons. The monoisotopic (exact) mass is 489 g/mol. The Morgan fingerprint density at radius 2 is 1.71 bits per heavy atom. The van der Waals surface area contributed by atoms with Crippen molar-refractivity contribution in [2.24, 2.45) is 0 Å². The topological polar surface area (TPSA) is 114 Å². The summed E-state index contributed by atoms with van der Waals surface area (Å²) < 4.78 is 39.1. The van der Waals surface area contributed by atoms with E-state index in [0.29, 0.717) is 42.1 Å². The molecule has 34 heavy (non-hydrogen) atoms. The molecule has 0 aromatic heterocycles. The van der Waals surface area contributed by atoms with E-state index in [1.165, 1.54) is 18.1 Å². The van der Waals surface area contributed by atoms with Gasteiger partial charge in [0, 0.05) is 17.9 Å². The van der Waals surface area contributed by atoms with E-state index in [-0.39, 0.29) is 4.90 Å². The minimum atomic E-state index is -3.91. The number of sulfonamides is 1. The first-order chi connectivity index (χ1) is 15.9. The van der Waals surface area contributed by atoms with Crippen LogP contribution in [0.15, 0.2) is 47.4 Å². The Morgan fingerprint density at radius 3 is 2.32 bits per heavy atom. The number of rotatable bonds is 6. The van der Waals surface area contributed by atoms with Gasteiger partial charge in [-0.2, -0.15) is 0 Å². The Labute approximate surface area is 200 Å². The Balaban J connectivity index is 1.76. The van der Waals surface area contributed by atoms with Crippen LogP contribution in [0, 0.1) is 6.92 Å². The predicted molar refractivity (Wildman–Crippen MR) is 130 cm³/mol. The molecule has 0 saturated carbocycles. The van der Waals surface area contributed by atoms with Gasteiger partial charge in [-0.1, -0.05) is 6.07 Å². The molecule has 1 fully saturated rings. The van der Waals surface area contributed by atoms with E-state index in [0.717, 1.165) is 0 Å². The van der Waals surface area contributed by atoms with Crippen LogP contribution in [0.25, 0.3) is 0 Å². The van der Waals surface area contributed by atoms with Crippen LogP contribution in [0.4, 0.5) is 16.2 Å². The largest absolute Gasteiger partial charge is 0.497 e. The lowest BCUT2D eigenvalue weighted by Crippen LogP contribution is -2.45. The zero-order chi connectivity index (χ0) is 25.1. The Bertz CT molecular complexity index is 1160. The second-order valence-corrected chi connectivity index (χ2v) is 10.8. The van der Waals surface area contributed by atoms with Crippen LogP contribution in [0.5, 0.6) is 5.75 Å². The average molecular weight is 490 g/mol. The molecule has 3 rings (SSSR count). The first-order valence-corrected chi connectivity index (χ1v) is 12.5. The summed E-state index contributed by atoms with van der Waals surface area (Å²) in [6.07, 6.45) is 0.638. The maximum Gasteiger partial charge on any atom is 0.410 e. The van der Waals surface area contributed by atoms with Gasteiger partial charge < -0.3 is 14.8 Å². The number of carbonyl (C=O) groups is 2. The highest BCUT2D eigenvalue weighted by Gasteiger charge is 2.36. The van der Waals surface area contributed by atoms with Crippen molar-refractivity contribution in [2.75, 3.05) is 23.7 Å². The Kier molecular flexibility index (Phi) is 7.40. The lowest BCUT2D eigenvalue weighted by molar-refractivity contribution is -0.120. The first kappa shape index (κ1) is 25.4. The van der Waals surface area contributed by atoms with E-state index in [1.54, 1.807) is 64.1 Å². The van der Waals surface area contributed by atoms with Crippen molar-refractivity contribution in [1.82, 2.24) is 4.90 Å². The van der Waals surface area contributed by atoms with Gasteiger partial charge in [-0.05, 0) is 82.5 Å². The SMILES string of the molecule is COc1ccc(NS(=O)(=O)c2cc(NC(=O)[C@@H]3CCCN3C(=O)OC(C)(C)C)ccc2C)cc1. The van der Waals surface area contributed by atoms with Crippen molar-refractivity contribution >= 4 is 33.4 Å². The third-order valence-electron chi connectivity index (χ3n) is 5.27. The summed E-state index contributed by atoms with van der Waals surface area (Å²) >= 11 is 0. The summed E-state index contributed by atoms with van der Waals surface area (Å²) in [5, 5.41) is 2.75. The first-order valence-electron chi connectivity index (χ1n) is 11.0. The van der Waals surface area contributed by atoms with Crippen LogP contribution in [-0.4, -0.2) is 50.6 Å². The zero-order valence-electron chi connectivity index (χ0n) is 20.0. The summed E-state index contributed by atoms with van der Waals surface area (Å²) in [4.78, 5) is 26.9. The summed E-state index contributed by atoms with van der Waals surface area (Å²) in [6.45, 7) is 7.40. The highest BCUT2D eigenvalue weighted by molar-refractivity contribution is 7.92. The number of amides is 2. The molecule has 0 aliphatic carbocycles. The number of anilines is 2. The molecule has 0 radical (unpaired) electrons. The van der Waals surface area contributed by atoms with Gasteiger partial charge in [-0.15, -0.1) is 0 Å². The standard InChI is InChI=1S/C24H31N3O6S/c1-16-8-9-18(15-21(16)34(30,31)26-17-10-12-19(32-5)13-11-17)25-22(28)20-7-6-14-27(20)23(29)33-24(2,3)4/h8-13,15,20,26H,6-7,14H2,1-5H3,(H,25,28)/t20-/m0/s1. The summed E-state index contributed by atoms with van der Waals surface area (Å²) in [5.74, 6) is 0.217. The van der Waals surface area contributed by atoms with Crippen LogP contribution in [0.3, 0.4) is 0 Å². The van der Waals surface area contributed by atoms with Crippen LogP contribution < -0.4 is 14.8 Å². The number of ether oxygens (including phenoxy) is 2. The number of nitrogens with zero attached hydrogens (tertiary/aromatic N) is 1. The maximum atomic E-state index is 13.0. The number of carbonyl (C=O) groups excluding carboxylic acids is 2. The fourth-order valence-electron chi connectivity index (χ4n) is 3.64. The van der Waals surface area contributed by atoms with Gasteiger partial charge in [0.05, 0.1) is 12.0 Å². The van der Waals surface area contributed by atoms with E-state index in [1.807, 2.05) is 0 Å². The normalized spacial score (nSPS) is 16.1. The number of methoxy groups -OCH3 is 1. The molecule has 2 aromatic rings. The molecule has 2 aromatic carbocycles. The second kappa shape index (κ2) is 9.92. The lowest BCUT2D eigenvalue weighted by atomic mass is 10.2. The second-order valence-electron chi connectivity index (χ2n) is 9.14. The van der Waals surface area contributed by atoms with Crippen molar-refractivity contribution in [3.8, 4) is 5.75 Å². The fourth-order valence-corrected chi connectivity index (χ4v) is 4.97. The van der Waals surface area contributed by atoms with Crippen molar-refractivity contribution < 1.29 is 27.5 Å². The van der Waals surface area contributed by atoms with Gasteiger partial charge >= 0.3 is 6.09 Å².